The number of carbonyl (C=O) groups excluding carboxylic acids is 1. The zero-order chi connectivity index (χ0) is 15.2. The Bertz CT molecular complexity index is 640. The van der Waals surface area contributed by atoms with E-state index in [1.54, 1.807) is 25.1 Å². The second-order valence-electron chi connectivity index (χ2n) is 4.26. The Kier molecular flexibility index (Phi) is 4.77. The van der Waals surface area contributed by atoms with E-state index in [-0.39, 0.29) is 23.7 Å². The van der Waals surface area contributed by atoms with Crippen LogP contribution in [0.15, 0.2) is 42.5 Å². The van der Waals surface area contributed by atoms with E-state index in [1.165, 1.54) is 24.3 Å². The summed E-state index contributed by atoms with van der Waals surface area (Å²) >= 11 is 0. The smallest absolute Gasteiger partial charge is 0.161 e. The Labute approximate surface area is 121 Å². The van der Waals surface area contributed by atoms with Crippen molar-refractivity contribution < 1.29 is 23.8 Å². The van der Waals surface area contributed by atoms with E-state index >= 15 is 0 Å². The van der Waals surface area contributed by atoms with Crippen molar-refractivity contribution in [2.75, 3.05) is 6.61 Å². The fraction of sp³-hybridized carbons (Fsp3) is 0.188. The van der Waals surface area contributed by atoms with E-state index in [1.807, 2.05) is 0 Å². The van der Waals surface area contributed by atoms with Crippen LogP contribution in [0.4, 0.5) is 4.39 Å². The second kappa shape index (κ2) is 6.74. The fourth-order valence-electron chi connectivity index (χ4n) is 1.79. The first-order chi connectivity index (χ1) is 10.1. The lowest BCUT2D eigenvalue weighted by Gasteiger charge is -2.14. The van der Waals surface area contributed by atoms with Crippen molar-refractivity contribution in [1.82, 2.24) is 0 Å². The van der Waals surface area contributed by atoms with Crippen molar-refractivity contribution in [3.8, 4) is 11.5 Å². The molecule has 4 nitrogen and oxygen atoms in total. The maximum Gasteiger partial charge on any atom is 0.161 e. The lowest BCUT2D eigenvalue weighted by atomic mass is 10.2. The number of carboxylic acid groups (broad SMARTS) is 1. The standard InChI is InChI=1S/C16H15FO4/c1-2-20-15-9-11(16(18)19)7-8-14(15)21-10-12-5-3-4-6-13(12)17/h3-9H,2,10H2,1H3,(H,18,19)/p-1. The summed E-state index contributed by atoms with van der Waals surface area (Å²) < 4.78 is 24.4. The third-order valence-electron chi connectivity index (χ3n) is 2.82. The molecule has 110 valence electrons. The number of rotatable bonds is 6. The molecule has 0 fully saturated rings. The summed E-state index contributed by atoms with van der Waals surface area (Å²) in [6.07, 6.45) is 0. The molecule has 2 aromatic rings. The van der Waals surface area contributed by atoms with Gasteiger partial charge in [0.05, 0.1) is 12.6 Å². The topological polar surface area (TPSA) is 58.6 Å². The summed E-state index contributed by atoms with van der Waals surface area (Å²) in [6, 6.07) is 10.4. The third-order valence-corrected chi connectivity index (χ3v) is 2.82. The molecule has 0 radical (unpaired) electrons. The van der Waals surface area contributed by atoms with Crippen LogP contribution in [-0.4, -0.2) is 12.6 Å². The lowest BCUT2D eigenvalue weighted by Crippen LogP contribution is -2.22. The normalized spacial score (nSPS) is 10.2. The van der Waals surface area contributed by atoms with Gasteiger partial charge in [-0.3, -0.25) is 0 Å². The monoisotopic (exact) mass is 289 g/mol. The number of benzene rings is 2. The van der Waals surface area contributed by atoms with Gasteiger partial charge in [-0.1, -0.05) is 18.2 Å². The predicted molar refractivity (Wildman–Crippen MR) is 72.7 cm³/mol. The van der Waals surface area contributed by atoms with E-state index < -0.39 is 5.97 Å². The molecular weight excluding hydrogens is 275 g/mol. The molecule has 2 aromatic carbocycles. The highest BCUT2D eigenvalue weighted by Gasteiger charge is 2.09. The van der Waals surface area contributed by atoms with Crippen LogP contribution >= 0.6 is 0 Å². The maximum absolute atomic E-state index is 13.5. The highest BCUT2D eigenvalue weighted by atomic mass is 19.1. The molecule has 21 heavy (non-hydrogen) atoms. The molecule has 0 bridgehead atoms. The molecule has 0 saturated heterocycles. The number of hydrogen-bond donors (Lipinski definition) is 0. The molecule has 5 heteroatoms. The number of aromatic carboxylic acids is 1. The summed E-state index contributed by atoms with van der Waals surface area (Å²) in [5, 5.41) is 10.8. The molecule has 0 aliphatic rings. The van der Waals surface area contributed by atoms with Crippen molar-refractivity contribution >= 4 is 5.97 Å². The van der Waals surface area contributed by atoms with Gasteiger partial charge in [0.2, 0.25) is 0 Å². The zero-order valence-corrected chi connectivity index (χ0v) is 11.5. The van der Waals surface area contributed by atoms with Crippen LogP contribution in [0.25, 0.3) is 0 Å². The molecule has 0 aliphatic heterocycles. The van der Waals surface area contributed by atoms with Gasteiger partial charge >= 0.3 is 0 Å². The van der Waals surface area contributed by atoms with Gasteiger partial charge in [-0.15, -0.1) is 0 Å². The van der Waals surface area contributed by atoms with Gasteiger partial charge < -0.3 is 19.4 Å². The van der Waals surface area contributed by atoms with Gasteiger partial charge in [-0.2, -0.15) is 0 Å². The van der Waals surface area contributed by atoms with Gasteiger partial charge in [0.1, 0.15) is 12.4 Å². The van der Waals surface area contributed by atoms with E-state index in [0.29, 0.717) is 17.9 Å². The first-order valence-corrected chi connectivity index (χ1v) is 6.46. The Morgan fingerprint density at radius 1 is 1.14 bits per heavy atom. The van der Waals surface area contributed by atoms with Crippen molar-refractivity contribution in [2.24, 2.45) is 0 Å². The molecule has 0 heterocycles. The minimum atomic E-state index is -1.29. The van der Waals surface area contributed by atoms with Gasteiger partial charge in [-0.05, 0) is 31.2 Å². The molecule has 0 aromatic heterocycles. The number of carboxylic acids is 1. The molecule has 0 unspecified atom stereocenters. The Morgan fingerprint density at radius 3 is 2.57 bits per heavy atom. The van der Waals surface area contributed by atoms with Crippen LogP contribution in [0.3, 0.4) is 0 Å². The Balaban J connectivity index is 2.19. The number of ether oxygens (including phenoxy) is 2. The van der Waals surface area contributed by atoms with E-state index in [2.05, 4.69) is 0 Å². The predicted octanol–water partition coefficient (Wildman–Crippen LogP) is 2.17. The first-order valence-electron chi connectivity index (χ1n) is 6.46. The van der Waals surface area contributed by atoms with Crippen LogP contribution in [0.5, 0.6) is 11.5 Å². The van der Waals surface area contributed by atoms with Crippen LogP contribution in [0.1, 0.15) is 22.8 Å². The molecule has 0 saturated carbocycles. The number of carbonyl (C=O) groups is 1. The van der Waals surface area contributed by atoms with Crippen LogP contribution in [-0.2, 0) is 6.61 Å². The summed E-state index contributed by atoms with van der Waals surface area (Å²) in [6.45, 7) is 2.15. The van der Waals surface area contributed by atoms with E-state index in [4.69, 9.17) is 9.47 Å². The highest BCUT2D eigenvalue weighted by Crippen LogP contribution is 2.29. The zero-order valence-electron chi connectivity index (χ0n) is 11.5. The molecule has 0 atom stereocenters. The third kappa shape index (κ3) is 3.72. The van der Waals surface area contributed by atoms with Crippen molar-refractivity contribution in [1.29, 1.82) is 0 Å². The summed E-state index contributed by atoms with van der Waals surface area (Å²) in [7, 11) is 0. The number of halogens is 1. The molecule has 0 N–H and O–H groups in total. The Morgan fingerprint density at radius 2 is 1.90 bits per heavy atom. The minimum absolute atomic E-state index is 0.00306. The lowest BCUT2D eigenvalue weighted by molar-refractivity contribution is -0.255. The maximum atomic E-state index is 13.5. The summed E-state index contributed by atoms with van der Waals surface area (Å²) in [5.41, 5.74) is 0.403. The van der Waals surface area contributed by atoms with Gasteiger partial charge in [0.15, 0.2) is 11.5 Å². The van der Waals surface area contributed by atoms with Crippen LogP contribution in [0.2, 0.25) is 0 Å². The van der Waals surface area contributed by atoms with Crippen molar-refractivity contribution in [3.63, 3.8) is 0 Å². The molecule has 0 spiro atoms. The second-order valence-corrected chi connectivity index (χ2v) is 4.26. The first kappa shape index (κ1) is 14.8. The van der Waals surface area contributed by atoms with Gasteiger partial charge in [0.25, 0.3) is 0 Å². The number of hydrogen-bond acceptors (Lipinski definition) is 4. The van der Waals surface area contributed by atoms with E-state index in [0.717, 1.165) is 0 Å². The van der Waals surface area contributed by atoms with Crippen molar-refractivity contribution in [3.05, 3.63) is 59.4 Å². The van der Waals surface area contributed by atoms with Crippen molar-refractivity contribution in [2.45, 2.75) is 13.5 Å². The minimum Gasteiger partial charge on any atom is -0.545 e. The van der Waals surface area contributed by atoms with Gasteiger partial charge in [-0.25, -0.2) is 4.39 Å². The van der Waals surface area contributed by atoms with Gasteiger partial charge in [0, 0.05) is 11.1 Å². The highest BCUT2D eigenvalue weighted by molar-refractivity contribution is 5.86. The molecule has 0 amide bonds. The SMILES string of the molecule is CCOc1cc(C(=O)[O-])ccc1OCc1ccccc1F. The quantitative estimate of drug-likeness (QED) is 0.817. The Hall–Kier alpha value is -2.56. The largest absolute Gasteiger partial charge is 0.545 e. The summed E-state index contributed by atoms with van der Waals surface area (Å²) in [5.74, 6) is -1.01. The summed E-state index contributed by atoms with van der Waals surface area (Å²) in [4.78, 5) is 10.8. The molecular formula is C16H14FO4-. The van der Waals surface area contributed by atoms with E-state index in [9.17, 15) is 14.3 Å². The van der Waals surface area contributed by atoms with Crippen LogP contribution < -0.4 is 14.6 Å². The molecule has 2 rings (SSSR count). The average molecular weight is 289 g/mol. The van der Waals surface area contributed by atoms with Crippen LogP contribution in [0, 0.1) is 5.82 Å². The average Bonchev–Trinajstić information content (AvgIpc) is 2.47. The fourth-order valence-corrected chi connectivity index (χ4v) is 1.79. The molecule has 0 aliphatic carbocycles.